The van der Waals surface area contributed by atoms with Gasteiger partial charge in [-0.3, -0.25) is 14.4 Å². The molecule has 1 heterocycles. The van der Waals surface area contributed by atoms with Crippen molar-refractivity contribution in [1.82, 2.24) is 5.32 Å². The Bertz CT molecular complexity index is 1740. The fourth-order valence-electron chi connectivity index (χ4n) is 9.98. The Morgan fingerprint density at radius 2 is 1.59 bits per heavy atom. The van der Waals surface area contributed by atoms with Gasteiger partial charge < -0.3 is 34.8 Å². The minimum atomic E-state index is -1.86. The number of hydrogen-bond donors (Lipinski definition) is 4. The highest BCUT2D eigenvalue weighted by atomic mass is 16.6. The van der Waals surface area contributed by atoms with E-state index in [0.29, 0.717) is 23.3 Å². The second-order valence-electron chi connectivity index (χ2n) is 15.9. The summed E-state index contributed by atoms with van der Waals surface area (Å²) in [5.41, 5.74) is -3.37. The van der Waals surface area contributed by atoms with E-state index in [1.54, 1.807) is 88.4 Å². The van der Waals surface area contributed by atoms with Gasteiger partial charge in [-0.25, -0.2) is 4.79 Å². The Kier molecular flexibility index (Phi) is 9.36. The van der Waals surface area contributed by atoms with Gasteiger partial charge in [-0.2, -0.15) is 0 Å². The van der Waals surface area contributed by atoms with Crippen LogP contribution in [0.3, 0.4) is 0 Å². The summed E-state index contributed by atoms with van der Waals surface area (Å²) in [6.07, 6.45) is -5.86. The number of carbonyl (C=O) groups excluding carboxylic acids is 4. The average Bonchev–Trinajstić information content (AvgIpc) is 3.09. The maximum absolute atomic E-state index is 14.9. The van der Waals surface area contributed by atoms with Gasteiger partial charge in [0.1, 0.15) is 6.10 Å². The summed E-state index contributed by atoms with van der Waals surface area (Å²) in [4.78, 5) is 54.8. The molecule has 3 fully saturated rings. The van der Waals surface area contributed by atoms with E-state index in [2.05, 4.69) is 5.32 Å². The molecule has 4 N–H and O–H groups in total. The van der Waals surface area contributed by atoms with Gasteiger partial charge in [-0.1, -0.05) is 76.2 Å². The standard InChI is InChI=1S/C40H49NO10/c1-21-26(51-36(47)31(44)30(24-14-10-8-11-15-24)41-35(46)25-16-12-9-13-17-25)19-40(48)22(2)33-38(6)20-49-28(38)18-27(43)39(33,7)34(45)32(50-23(3)42)29(21)37(40,4)5/h8-17,22,26-28,30-33,43-44,48H,18-20H2,1-7H3,(H,41,46)/t22-,26?,27-,28+,30?,31+,32+,33+,38+,39+,40+/m0/s1. The van der Waals surface area contributed by atoms with Gasteiger partial charge in [0.2, 0.25) is 0 Å². The highest BCUT2D eigenvalue weighted by molar-refractivity contribution is 5.95. The number of fused-ring (bicyclic) bond motifs is 5. The SMILES string of the molecule is CC(=O)O[C@H]1C(=O)[C@@]2(C)[C@H]([C@H](C)[C@]3(O)CC(OC(=O)[C@H](O)C(NC(=O)c4ccccc4)c4ccccc4)C(C)=C1C3(C)C)[C@]1(C)CO[C@@H]1C[C@@H]2O. The van der Waals surface area contributed by atoms with E-state index in [4.69, 9.17) is 14.2 Å². The summed E-state index contributed by atoms with van der Waals surface area (Å²) in [5, 5.41) is 39.1. The molecule has 4 aliphatic rings. The number of rotatable bonds is 7. The van der Waals surface area contributed by atoms with Gasteiger partial charge >= 0.3 is 11.9 Å². The smallest absolute Gasteiger partial charge is 0.338 e. The van der Waals surface area contributed by atoms with Crippen LogP contribution in [0.25, 0.3) is 0 Å². The number of amides is 1. The number of hydrogen-bond acceptors (Lipinski definition) is 10. The van der Waals surface area contributed by atoms with Crippen LogP contribution in [0, 0.1) is 28.1 Å². The lowest BCUT2D eigenvalue weighted by Crippen LogP contribution is -2.75. The third-order valence-electron chi connectivity index (χ3n) is 12.8. The monoisotopic (exact) mass is 703 g/mol. The number of ketones is 1. The van der Waals surface area contributed by atoms with Crippen molar-refractivity contribution in [2.75, 3.05) is 6.61 Å². The molecule has 11 heteroatoms. The first-order valence-electron chi connectivity index (χ1n) is 17.6. The van der Waals surface area contributed by atoms with Crippen molar-refractivity contribution in [2.24, 2.45) is 28.1 Å². The van der Waals surface area contributed by atoms with Crippen molar-refractivity contribution >= 4 is 23.6 Å². The van der Waals surface area contributed by atoms with Crippen LogP contribution in [0.2, 0.25) is 0 Å². The van der Waals surface area contributed by atoms with E-state index < -0.39 is 87.8 Å². The fourth-order valence-corrected chi connectivity index (χ4v) is 9.98. The quantitative estimate of drug-likeness (QED) is 0.246. The number of Topliss-reactive ketones (excluding diaryl/α,β-unsaturated/α-hetero) is 1. The van der Waals surface area contributed by atoms with Crippen molar-refractivity contribution in [1.29, 1.82) is 0 Å². The lowest BCUT2D eigenvalue weighted by molar-refractivity contribution is -0.302. The number of carbonyl (C=O) groups is 4. The van der Waals surface area contributed by atoms with Crippen LogP contribution in [-0.2, 0) is 28.6 Å². The summed E-state index contributed by atoms with van der Waals surface area (Å²) >= 11 is 0. The largest absolute Gasteiger partial charge is 0.456 e. The molecule has 11 nitrogen and oxygen atoms in total. The molecular weight excluding hydrogens is 654 g/mol. The lowest BCUT2D eigenvalue weighted by atomic mass is 9.40. The van der Waals surface area contributed by atoms with E-state index in [9.17, 15) is 34.5 Å². The van der Waals surface area contributed by atoms with Gasteiger partial charge in [-0.15, -0.1) is 0 Å². The summed E-state index contributed by atoms with van der Waals surface area (Å²) in [6.45, 7) is 12.3. The van der Waals surface area contributed by atoms with Crippen LogP contribution in [0.1, 0.15) is 83.3 Å². The Morgan fingerprint density at radius 3 is 2.16 bits per heavy atom. The van der Waals surface area contributed by atoms with Crippen LogP contribution in [0.5, 0.6) is 0 Å². The van der Waals surface area contributed by atoms with Crippen molar-refractivity contribution in [3.05, 3.63) is 82.9 Å². The van der Waals surface area contributed by atoms with Crippen molar-refractivity contribution in [3.63, 3.8) is 0 Å². The Balaban J connectivity index is 1.42. The molecule has 0 spiro atoms. The molecule has 0 radical (unpaired) electrons. The predicted molar refractivity (Wildman–Crippen MR) is 185 cm³/mol. The maximum Gasteiger partial charge on any atom is 0.338 e. The summed E-state index contributed by atoms with van der Waals surface area (Å²) in [5.74, 6) is -4.04. The Labute approximate surface area is 298 Å². The molecule has 2 bridgehead atoms. The molecule has 3 aliphatic carbocycles. The summed E-state index contributed by atoms with van der Waals surface area (Å²) in [7, 11) is 0. The first-order chi connectivity index (χ1) is 23.9. The average molecular weight is 704 g/mol. The van der Waals surface area contributed by atoms with Crippen LogP contribution < -0.4 is 5.32 Å². The normalized spacial score (nSPS) is 36.5. The maximum atomic E-state index is 14.9. The molecule has 11 atom stereocenters. The van der Waals surface area contributed by atoms with E-state index in [1.165, 1.54) is 6.92 Å². The number of ether oxygens (including phenoxy) is 3. The van der Waals surface area contributed by atoms with E-state index in [0.717, 1.165) is 0 Å². The molecule has 1 saturated heterocycles. The van der Waals surface area contributed by atoms with Crippen molar-refractivity contribution < 1.29 is 48.7 Å². The zero-order chi connectivity index (χ0) is 37.3. The van der Waals surface area contributed by atoms with Crippen LogP contribution in [-0.4, -0.2) is 81.7 Å². The lowest BCUT2D eigenvalue weighted by Gasteiger charge is -2.68. The van der Waals surface area contributed by atoms with Gasteiger partial charge in [0.15, 0.2) is 18.0 Å². The van der Waals surface area contributed by atoms with E-state index >= 15 is 0 Å². The Hall–Kier alpha value is -3.90. The number of aliphatic hydroxyl groups is 3. The van der Waals surface area contributed by atoms with Crippen LogP contribution in [0.15, 0.2) is 71.8 Å². The van der Waals surface area contributed by atoms with Crippen molar-refractivity contribution in [2.45, 2.75) is 103 Å². The second kappa shape index (κ2) is 12.9. The number of aliphatic hydroxyl groups excluding tert-OH is 2. The van der Waals surface area contributed by atoms with Crippen molar-refractivity contribution in [3.8, 4) is 0 Å². The number of benzene rings is 2. The zero-order valence-electron chi connectivity index (χ0n) is 30.2. The van der Waals surface area contributed by atoms with Crippen LogP contribution >= 0.6 is 0 Å². The molecule has 2 unspecified atom stereocenters. The first-order valence-corrected chi connectivity index (χ1v) is 17.6. The molecule has 2 aromatic rings. The molecule has 274 valence electrons. The highest BCUT2D eigenvalue weighted by Gasteiger charge is 2.73. The third kappa shape index (κ3) is 5.64. The number of esters is 2. The second-order valence-corrected chi connectivity index (χ2v) is 15.9. The predicted octanol–water partition coefficient (Wildman–Crippen LogP) is 3.85. The summed E-state index contributed by atoms with van der Waals surface area (Å²) in [6, 6.07) is 15.8. The molecule has 2 saturated carbocycles. The van der Waals surface area contributed by atoms with Gasteiger partial charge in [0, 0.05) is 36.2 Å². The fraction of sp³-hybridized carbons (Fsp3) is 0.550. The molecule has 1 amide bonds. The topological polar surface area (TPSA) is 169 Å². The minimum Gasteiger partial charge on any atom is -0.456 e. The van der Waals surface area contributed by atoms with Gasteiger partial charge in [0.25, 0.3) is 5.91 Å². The molecule has 2 aromatic carbocycles. The van der Waals surface area contributed by atoms with Crippen LogP contribution in [0.4, 0.5) is 0 Å². The van der Waals surface area contributed by atoms with E-state index in [1.807, 2.05) is 13.8 Å². The van der Waals surface area contributed by atoms with E-state index in [-0.39, 0.29) is 24.5 Å². The zero-order valence-corrected chi connectivity index (χ0v) is 30.2. The molecule has 1 aliphatic heterocycles. The molecule has 0 aromatic heterocycles. The first kappa shape index (κ1) is 36.9. The van der Waals surface area contributed by atoms with Gasteiger partial charge in [-0.05, 0) is 54.5 Å². The Morgan fingerprint density at radius 1 is 0.980 bits per heavy atom. The minimum absolute atomic E-state index is 0.105. The number of nitrogens with one attached hydrogen (secondary N) is 1. The summed E-state index contributed by atoms with van der Waals surface area (Å²) < 4.78 is 17.8. The molecule has 6 rings (SSSR count). The molecule has 51 heavy (non-hydrogen) atoms. The molecular formula is C40H49NO10. The highest BCUT2D eigenvalue weighted by Crippen LogP contribution is 2.67. The van der Waals surface area contributed by atoms with Gasteiger partial charge in [0.05, 0.1) is 35.9 Å². The third-order valence-corrected chi connectivity index (χ3v) is 12.8.